The fourth-order valence-corrected chi connectivity index (χ4v) is 1.77. The average molecular weight is 267 g/mol. The van der Waals surface area contributed by atoms with Gasteiger partial charge < -0.3 is 10.6 Å². The summed E-state index contributed by atoms with van der Waals surface area (Å²) in [6.07, 6.45) is -2.70. The lowest BCUT2D eigenvalue weighted by Gasteiger charge is -2.12. The van der Waals surface area contributed by atoms with Gasteiger partial charge >= 0.3 is 6.18 Å². The summed E-state index contributed by atoms with van der Waals surface area (Å²) in [6.45, 7) is 0.182. The van der Waals surface area contributed by atoms with Gasteiger partial charge in [-0.25, -0.2) is 4.98 Å². The molecule has 1 unspecified atom stereocenters. The van der Waals surface area contributed by atoms with Crippen molar-refractivity contribution in [2.24, 2.45) is 0 Å². The topological polar surface area (TPSA) is 54.0 Å². The zero-order valence-electron chi connectivity index (χ0n) is 9.04. The first-order valence-electron chi connectivity index (χ1n) is 4.84. The van der Waals surface area contributed by atoms with Crippen LogP contribution in [0.4, 0.5) is 13.2 Å². The van der Waals surface area contributed by atoms with Gasteiger partial charge in [-0.3, -0.25) is 4.79 Å². The number of nitrogens with zero attached hydrogens (tertiary/aromatic N) is 1. The summed E-state index contributed by atoms with van der Waals surface area (Å²) < 4.78 is 35.4. The van der Waals surface area contributed by atoms with E-state index in [2.05, 4.69) is 10.3 Å². The summed E-state index contributed by atoms with van der Waals surface area (Å²) in [4.78, 5) is 15.3. The number of aromatic nitrogens is 1. The predicted octanol–water partition coefficient (Wildman–Crippen LogP) is 1.47. The van der Waals surface area contributed by atoms with Crippen LogP contribution in [0.2, 0.25) is 0 Å². The number of thiazole rings is 1. The molecule has 0 spiro atoms. The quantitative estimate of drug-likeness (QED) is 0.849. The van der Waals surface area contributed by atoms with Crippen molar-refractivity contribution in [3.05, 3.63) is 16.6 Å². The first-order valence-corrected chi connectivity index (χ1v) is 5.72. The monoisotopic (exact) mass is 267 g/mol. The van der Waals surface area contributed by atoms with E-state index in [4.69, 9.17) is 0 Å². The van der Waals surface area contributed by atoms with Gasteiger partial charge in [-0.1, -0.05) is 0 Å². The van der Waals surface area contributed by atoms with Gasteiger partial charge in [0.15, 0.2) is 0 Å². The Hall–Kier alpha value is -1.15. The van der Waals surface area contributed by atoms with Crippen molar-refractivity contribution in [1.29, 1.82) is 0 Å². The first-order chi connectivity index (χ1) is 7.88. The van der Waals surface area contributed by atoms with Crippen molar-refractivity contribution in [1.82, 2.24) is 15.6 Å². The molecule has 0 aromatic carbocycles. The summed E-state index contributed by atoms with van der Waals surface area (Å²) >= 11 is 1.37. The van der Waals surface area contributed by atoms with Crippen LogP contribution in [0.5, 0.6) is 0 Å². The number of rotatable bonds is 5. The standard InChI is InChI=1S/C9H12F3N3OS/c1-6(8-14-2-3-17-8)15-7(16)4-13-5-9(10,11)12/h2-3,6,13H,4-5H2,1H3,(H,15,16). The van der Waals surface area contributed by atoms with Crippen molar-refractivity contribution >= 4 is 17.2 Å². The minimum Gasteiger partial charge on any atom is -0.346 e. The zero-order valence-corrected chi connectivity index (χ0v) is 9.86. The lowest BCUT2D eigenvalue weighted by molar-refractivity contribution is -0.128. The third-order valence-electron chi connectivity index (χ3n) is 1.81. The molecular formula is C9H12F3N3OS. The Labute approximate surface area is 100 Å². The van der Waals surface area contributed by atoms with Crippen molar-refractivity contribution < 1.29 is 18.0 Å². The Morgan fingerprint density at radius 1 is 1.59 bits per heavy atom. The number of hydrogen-bond donors (Lipinski definition) is 2. The minimum atomic E-state index is -4.30. The van der Waals surface area contributed by atoms with E-state index in [0.717, 1.165) is 0 Å². The van der Waals surface area contributed by atoms with Gasteiger partial charge in [0, 0.05) is 11.6 Å². The minimum absolute atomic E-state index is 0.296. The van der Waals surface area contributed by atoms with Crippen LogP contribution in [-0.4, -0.2) is 30.2 Å². The number of halogens is 3. The maximum Gasteiger partial charge on any atom is 0.401 e. The SMILES string of the molecule is CC(NC(=O)CNCC(F)(F)F)c1nccs1. The van der Waals surface area contributed by atoms with E-state index < -0.39 is 18.6 Å². The molecule has 0 radical (unpaired) electrons. The van der Waals surface area contributed by atoms with Crippen LogP contribution in [0, 0.1) is 0 Å². The number of nitrogens with one attached hydrogen (secondary N) is 2. The second-order valence-electron chi connectivity index (χ2n) is 3.38. The van der Waals surface area contributed by atoms with Gasteiger partial charge in [-0.15, -0.1) is 11.3 Å². The highest BCUT2D eigenvalue weighted by atomic mass is 32.1. The molecule has 0 fully saturated rings. The average Bonchev–Trinajstić information content (AvgIpc) is 2.67. The lowest BCUT2D eigenvalue weighted by Crippen LogP contribution is -2.39. The number of amides is 1. The van der Waals surface area contributed by atoms with E-state index >= 15 is 0 Å². The molecule has 4 nitrogen and oxygen atoms in total. The van der Waals surface area contributed by atoms with Crippen LogP contribution in [0.1, 0.15) is 18.0 Å². The Morgan fingerprint density at radius 2 is 2.29 bits per heavy atom. The van der Waals surface area contributed by atoms with E-state index in [-0.39, 0.29) is 12.6 Å². The summed E-state index contributed by atoms with van der Waals surface area (Å²) in [5.41, 5.74) is 0. The fourth-order valence-electron chi connectivity index (χ4n) is 1.12. The van der Waals surface area contributed by atoms with Gasteiger partial charge in [0.25, 0.3) is 0 Å². The van der Waals surface area contributed by atoms with Crippen LogP contribution in [0.25, 0.3) is 0 Å². The molecule has 96 valence electrons. The molecule has 8 heteroatoms. The molecule has 1 aromatic heterocycles. The van der Waals surface area contributed by atoms with E-state index in [0.29, 0.717) is 5.01 Å². The Bertz CT molecular complexity index is 353. The molecule has 0 aliphatic rings. The first kappa shape index (κ1) is 13.9. The molecular weight excluding hydrogens is 255 g/mol. The molecule has 0 bridgehead atoms. The number of hydrogen-bond acceptors (Lipinski definition) is 4. The molecule has 1 amide bonds. The summed E-state index contributed by atoms with van der Waals surface area (Å²) in [5, 5.41) is 7.05. The molecule has 1 rings (SSSR count). The molecule has 2 N–H and O–H groups in total. The molecule has 0 aliphatic carbocycles. The second kappa shape index (κ2) is 5.97. The van der Waals surface area contributed by atoms with Gasteiger partial charge in [-0.05, 0) is 6.92 Å². The molecule has 1 heterocycles. The smallest absolute Gasteiger partial charge is 0.346 e. The number of carbonyl (C=O) groups excluding carboxylic acids is 1. The number of carbonyl (C=O) groups is 1. The van der Waals surface area contributed by atoms with Gasteiger partial charge in [-0.2, -0.15) is 13.2 Å². The zero-order chi connectivity index (χ0) is 12.9. The van der Waals surface area contributed by atoms with E-state index in [1.807, 2.05) is 5.32 Å². The van der Waals surface area contributed by atoms with Crippen molar-refractivity contribution in [2.75, 3.05) is 13.1 Å². The van der Waals surface area contributed by atoms with Gasteiger partial charge in [0.2, 0.25) is 5.91 Å². The second-order valence-corrected chi connectivity index (χ2v) is 4.30. The molecule has 1 aromatic rings. The largest absolute Gasteiger partial charge is 0.401 e. The van der Waals surface area contributed by atoms with Crippen LogP contribution >= 0.6 is 11.3 Å². The van der Waals surface area contributed by atoms with Crippen molar-refractivity contribution in [3.63, 3.8) is 0 Å². The fraction of sp³-hybridized carbons (Fsp3) is 0.556. The molecule has 1 atom stereocenters. The highest BCUT2D eigenvalue weighted by Crippen LogP contribution is 2.14. The predicted molar refractivity (Wildman–Crippen MR) is 57.6 cm³/mol. The Balaban J connectivity index is 2.26. The maximum absolute atomic E-state index is 11.8. The molecule has 0 saturated carbocycles. The molecule has 17 heavy (non-hydrogen) atoms. The van der Waals surface area contributed by atoms with Crippen LogP contribution in [0.15, 0.2) is 11.6 Å². The highest BCUT2D eigenvalue weighted by Gasteiger charge is 2.26. The Morgan fingerprint density at radius 3 is 2.82 bits per heavy atom. The molecule has 0 saturated heterocycles. The van der Waals surface area contributed by atoms with Crippen molar-refractivity contribution in [2.45, 2.75) is 19.1 Å². The lowest BCUT2D eigenvalue weighted by atomic mass is 10.3. The van der Waals surface area contributed by atoms with E-state index in [1.165, 1.54) is 11.3 Å². The van der Waals surface area contributed by atoms with E-state index in [9.17, 15) is 18.0 Å². The van der Waals surface area contributed by atoms with Crippen LogP contribution < -0.4 is 10.6 Å². The summed E-state index contributed by atoms with van der Waals surface area (Å²) in [6, 6.07) is -0.296. The van der Waals surface area contributed by atoms with Crippen LogP contribution in [-0.2, 0) is 4.79 Å². The van der Waals surface area contributed by atoms with E-state index in [1.54, 1.807) is 18.5 Å². The third-order valence-corrected chi connectivity index (χ3v) is 2.77. The van der Waals surface area contributed by atoms with Gasteiger partial charge in [0.1, 0.15) is 5.01 Å². The summed E-state index contributed by atoms with van der Waals surface area (Å²) in [5.74, 6) is -0.489. The third kappa shape index (κ3) is 5.64. The highest BCUT2D eigenvalue weighted by molar-refractivity contribution is 7.09. The van der Waals surface area contributed by atoms with Gasteiger partial charge in [0.05, 0.1) is 19.1 Å². The van der Waals surface area contributed by atoms with Crippen molar-refractivity contribution in [3.8, 4) is 0 Å². The normalized spacial score (nSPS) is 13.4. The molecule has 0 aliphatic heterocycles. The summed E-state index contributed by atoms with van der Waals surface area (Å²) in [7, 11) is 0. The Kier molecular flexibility index (Phi) is 4.88. The number of alkyl halides is 3. The van der Waals surface area contributed by atoms with Crippen LogP contribution in [0.3, 0.4) is 0 Å². The maximum atomic E-state index is 11.8.